The number of pyridine rings is 1. The highest BCUT2D eigenvalue weighted by Crippen LogP contribution is 2.30. The minimum absolute atomic E-state index is 0.578. The Labute approximate surface area is 183 Å². The van der Waals surface area contributed by atoms with Crippen molar-refractivity contribution in [2.45, 2.75) is 44.6 Å². The third-order valence-corrected chi connectivity index (χ3v) is 6.98. The summed E-state index contributed by atoms with van der Waals surface area (Å²) < 4.78 is 5.11. The minimum atomic E-state index is 0.578. The molecule has 1 fully saturated rings. The summed E-state index contributed by atoms with van der Waals surface area (Å²) in [6.07, 6.45) is 14.6. The average molecular weight is 430 g/mol. The molecule has 1 aliphatic rings. The summed E-state index contributed by atoms with van der Waals surface area (Å²) in [5, 5.41) is 8.90. The molecule has 1 saturated carbocycles. The monoisotopic (exact) mass is 429 g/mol. The van der Waals surface area contributed by atoms with Crippen LogP contribution in [-0.2, 0) is 6.42 Å². The number of benzene rings is 1. The van der Waals surface area contributed by atoms with Crippen LogP contribution in [0, 0.1) is 0 Å². The third-order valence-electron chi connectivity index (χ3n) is 6.03. The SMILES string of the molecule is c1ncn(-c2ccn3c(Cc4ccc5nc(NC6CCCCC6)sc5c4)cnc3c2)n1. The van der Waals surface area contributed by atoms with Gasteiger partial charge in [-0.1, -0.05) is 36.7 Å². The molecular weight excluding hydrogens is 406 g/mol. The van der Waals surface area contributed by atoms with E-state index in [2.05, 4.69) is 43.0 Å². The van der Waals surface area contributed by atoms with E-state index in [1.807, 2.05) is 24.5 Å². The Balaban J connectivity index is 1.24. The van der Waals surface area contributed by atoms with E-state index in [4.69, 9.17) is 4.98 Å². The van der Waals surface area contributed by atoms with Gasteiger partial charge in [0.2, 0.25) is 0 Å². The van der Waals surface area contributed by atoms with Gasteiger partial charge < -0.3 is 9.72 Å². The highest BCUT2D eigenvalue weighted by molar-refractivity contribution is 7.22. The van der Waals surface area contributed by atoms with Crippen LogP contribution in [0.3, 0.4) is 0 Å². The second-order valence-electron chi connectivity index (χ2n) is 8.18. The van der Waals surface area contributed by atoms with Crippen molar-refractivity contribution in [2.75, 3.05) is 5.32 Å². The topological polar surface area (TPSA) is 72.9 Å². The summed E-state index contributed by atoms with van der Waals surface area (Å²) in [5.41, 5.74) is 5.35. The summed E-state index contributed by atoms with van der Waals surface area (Å²) in [4.78, 5) is 13.4. The van der Waals surface area contributed by atoms with E-state index in [9.17, 15) is 0 Å². The molecule has 31 heavy (non-hydrogen) atoms. The van der Waals surface area contributed by atoms with Gasteiger partial charge in [-0.2, -0.15) is 5.10 Å². The summed E-state index contributed by atoms with van der Waals surface area (Å²) in [6.45, 7) is 0. The number of imidazole rings is 1. The maximum absolute atomic E-state index is 4.81. The number of hydrogen-bond acceptors (Lipinski definition) is 6. The molecule has 0 unspecified atom stereocenters. The number of aromatic nitrogens is 6. The molecule has 7 nitrogen and oxygen atoms in total. The molecule has 4 aromatic heterocycles. The normalized spacial score (nSPS) is 15.1. The highest BCUT2D eigenvalue weighted by Gasteiger charge is 2.15. The first kappa shape index (κ1) is 18.5. The van der Waals surface area contributed by atoms with Crippen LogP contribution in [0.5, 0.6) is 0 Å². The van der Waals surface area contributed by atoms with Gasteiger partial charge in [0.15, 0.2) is 5.13 Å². The molecule has 0 saturated heterocycles. The molecule has 0 amide bonds. The van der Waals surface area contributed by atoms with E-state index in [0.717, 1.165) is 34.1 Å². The van der Waals surface area contributed by atoms with E-state index < -0.39 is 0 Å². The number of hydrogen-bond donors (Lipinski definition) is 1. The number of fused-ring (bicyclic) bond motifs is 2. The second kappa shape index (κ2) is 7.77. The Morgan fingerprint density at radius 1 is 1.10 bits per heavy atom. The van der Waals surface area contributed by atoms with Crippen LogP contribution in [0.25, 0.3) is 21.6 Å². The summed E-state index contributed by atoms with van der Waals surface area (Å²) in [5.74, 6) is 0. The fraction of sp³-hybridized carbons (Fsp3) is 0.304. The largest absolute Gasteiger partial charge is 0.359 e. The molecule has 0 spiro atoms. The third kappa shape index (κ3) is 3.67. The molecule has 1 aliphatic carbocycles. The van der Waals surface area contributed by atoms with E-state index in [-0.39, 0.29) is 0 Å². The number of rotatable bonds is 5. The number of nitrogens with zero attached hydrogens (tertiary/aromatic N) is 6. The molecule has 5 aromatic rings. The predicted molar refractivity (Wildman–Crippen MR) is 123 cm³/mol. The smallest absolute Gasteiger partial charge is 0.184 e. The van der Waals surface area contributed by atoms with Gasteiger partial charge in [-0.25, -0.2) is 19.6 Å². The van der Waals surface area contributed by atoms with Crippen molar-refractivity contribution in [1.82, 2.24) is 29.1 Å². The van der Waals surface area contributed by atoms with Crippen LogP contribution in [0.1, 0.15) is 43.4 Å². The van der Waals surface area contributed by atoms with Crippen molar-refractivity contribution in [1.29, 1.82) is 0 Å². The summed E-state index contributed by atoms with van der Waals surface area (Å²) in [6, 6.07) is 11.2. The maximum atomic E-state index is 4.81. The van der Waals surface area contributed by atoms with Crippen LogP contribution >= 0.6 is 11.3 Å². The van der Waals surface area contributed by atoms with Crippen LogP contribution < -0.4 is 5.32 Å². The van der Waals surface area contributed by atoms with E-state index >= 15 is 0 Å². The van der Waals surface area contributed by atoms with Crippen molar-refractivity contribution in [3.63, 3.8) is 0 Å². The number of anilines is 1. The molecule has 0 atom stereocenters. The predicted octanol–water partition coefficient (Wildman–Crippen LogP) is 4.86. The molecule has 6 rings (SSSR count). The molecule has 1 N–H and O–H groups in total. The average Bonchev–Trinajstić information content (AvgIpc) is 3.54. The fourth-order valence-electron chi connectivity index (χ4n) is 4.41. The Hall–Kier alpha value is -3.26. The standard InChI is InChI=1S/C23H23N7S/c1-2-4-17(5-3-1)27-23-28-20-7-6-16(11-21(20)31-23)10-19-13-25-22-12-18(8-9-29(19)22)30-15-24-14-26-30/h6-9,11-15,17H,1-5,10H2,(H,27,28). The molecule has 0 radical (unpaired) electrons. The molecule has 156 valence electrons. The van der Waals surface area contributed by atoms with Crippen LogP contribution in [-0.4, -0.2) is 35.2 Å². The maximum Gasteiger partial charge on any atom is 0.184 e. The van der Waals surface area contributed by atoms with E-state index in [1.165, 1.54) is 48.7 Å². The van der Waals surface area contributed by atoms with Crippen molar-refractivity contribution in [3.05, 3.63) is 66.6 Å². The van der Waals surface area contributed by atoms with Crippen LogP contribution in [0.15, 0.2) is 55.4 Å². The lowest BCUT2D eigenvalue weighted by atomic mass is 9.96. The fourth-order valence-corrected chi connectivity index (χ4v) is 5.42. The minimum Gasteiger partial charge on any atom is -0.359 e. The lowest BCUT2D eigenvalue weighted by molar-refractivity contribution is 0.462. The Morgan fingerprint density at radius 3 is 2.90 bits per heavy atom. The molecular formula is C23H23N7S. The van der Waals surface area contributed by atoms with Crippen LogP contribution in [0.4, 0.5) is 5.13 Å². The van der Waals surface area contributed by atoms with Gasteiger partial charge in [0.05, 0.1) is 15.9 Å². The van der Waals surface area contributed by atoms with Gasteiger partial charge >= 0.3 is 0 Å². The molecule has 4 heterocycles. The zero-order valence-corrected chi connectivity index (χ0v) is 17.9. The van der Waals surface area contributed by atoms with Crippen molar-refractivity contribution < 1.29 is 0 Å². The van der Waals surface area contributed by atoms with Crippen molar-refractivity contribution >= 4 is 32.3 Å². The van der Waals surface area contributed by atoms with Crippen LogP contribution in [0.2, 0.25) is 0 Å². The second-order valence-corrected chi connectivity index (χ2v) is 9.21. The van der Waals surface area contributed by atoms with Gasteiger partial charge in [-0.3, -0.25) is 0 Å². The first-order valence-corrected chi connectivity index (χ1v) is 11.6. The molecule has 0 bridgehead atoms. The first-order valence-electron chi connectivity index (χ1n) is 10.8. The number of thiazole rings is 1. The van der Waals surface area contributed by atoms with Gasteiger partial charge in [-0.15, -0.1) is 0 Å². The van der Waals surface area contributed by atoms with Gasteiger partial charge in [0, 0.05) is 36.6 Å². The van der Waals surface area contributed by atoms with E-state index in [0.29, 0.717) is 6.04 Å². The highest BCUT2D eigenvalue weighted by atomic mass is 32.1. The zero-order valence-electron chi connectivity index (χ0n) is 17.1. The summed E-state index contributed by atoms with van der Waals surface area (Å²) >= 11 is 1.76. The Morgan fingerprint density at radius 2 is 2.03 bits per heavy atom. The van der Waals surface area contributed by atoms with Crippen molar-refractivity contribution in [3.8, 4) is 5.69 Å². The summed E-state index contributed by atoms with van der Waals surface area (Å²) in [7, 11) is 0. The van der Waals surface area contributed by atoms with Gasteiger partial charge in [0.1, 0.15) is 18.3 Å². The van der Waals surface area contributed by atoms with Gasteiger partial charge in [0.25, 0.3) is 0 Å². The lowest BCUT2D eigenvalue weighted by Crippen LogP contribution is -2.21. The zero-order chi connectivity index (χ0) is 20.6. The first-order chi connectivity index (χ1) is 15.3. The van der Waals surface area contributed by atoms with Gasteiger partial charge in [-0.05, 0) is 36.6 Å². The Bertz CT molecular complexity index is 1330. The molecule has 8 heteroatoms. The molecule has 0 aliphatic heterocycles. The Kier molecular flexibility index (Phi) is 4.64. The molecule has 1 aromatic carbocycles. The quantitative estimate of drug-likeness (QED) is 0.432. The van der Waals surface area contributed by atoms with Crippen molar-refractivity contribution in [2.24, 2.45) is 0 Å². The number of nitrogens with one attached hydrogen (secondary N) is 1. The lowest BCUT2D eigenvalue weighted by Gasteiger charge is -2.22. The van der Waals surface area contributed by atoms with E-state index in [1.54, 1.807) is 22.3 Å².